The van der Waals surface area contributed by atoms with E-state index in [0.717, 1.165) is 38.5 Å². The molecule has 1 aromatic carbocycles. The first kappa shape index (κ1) is 18.0. The monoisotopic (exact) mass is 386 g/mol. The van der Waals surface area contributed by atoms with Gasteiger partial charge in [-0.25, -0.2) is 4.68 Å². The van der Waals surface area contributed by atoms with Gasteiger partial charge >= 0.3 is 0 Å². The van der Waals surface area contributed by atoms with Gasteiger partial charge in [0.15, 0.2) is 0 Å². The number of amides is 2. The normalized spacial score (nSPS) is 17.0. The highest BCUT2D eigenvalue weighted by atomic mass is 32.2. The van der Waals surface area contributed by atoms with Crippen LogP contribution in [0.5, 0.6) is 0 Å². The number of benzene rings is 1. The van der Waals surface area contributed by atoms with E-state index in [4.69, 9.17) is 0 Å². The predicted molar refractivity (Wildman–Crippen MR) is 102 cm³/mol. The highest BCUT2D eigenvalue weighted by Crippen LogP contribution is 2.36. The molecule has 8 nitrogen and oxygen atoms in total. The first-order valence-corrected chi connectivity index (χ1v) is 10.3. The van der Waals surface area contributed by atoms with Crippen molar-refractivity contribution in [1.82, 2.24) is 25.5 Å². The van der Waals surface area contributed by atoms with Crippen molar-refractivity contribution in [2.24, 2.45) is 0 Å². The van der Waals surface area contributed by atoms with Crippen LogP contribution < -0.4 is 10.6 Å². The van der Waals surface area contributed by atoms with Crippen molar-refractivity contribution in [2.75, 3.05) is 11.1 Å². The van der Waals surface area contributed by atoms with Gasteiger partial charge < -0.3 is 10.6 Å². The predicted octanol–water partition coefficient (Wildman–Crippen LogP) is 2.41. The Kier molecular flexibility index (Phi) is 5.38. The van der Waals surface area contributed by atoms with E-state index < -0.39 is 0 Å². The van der Waals surface area contributed by atoms with E-state index in [1.54, 1.807) is 22.9 Å². The van der Waals surface area contributed by atoms with Gasteiger partial charge in [-0.1, -0.05) is 36.7 Å². The first-order valence-electron chi connectivity index (χ1n) is 9.31. The molecule has 1 aromatic heterocycles. The number of carbonyl (C=O) groups is 2. The average molecular weight is 386 g/mol. The second kappa shape index (κ2) is 8.08. The van der Waals surface area contributed by atoms with Crippen LogP contribution >= 0.6 is 11.8 Å². The van der Waals surface area contributed by atoms with Crippen molar-refractivity contribution in [2.45, 2.75) is 55.8 Å². The number of hydrogen-bond donors (Lipinski definition) is 2. The number of hydrogen-bond acceptors (Lipinski definition) is 6. The lowest BCUT2D eigenvalue weighted by atomic mass is 10.1. The summed E-state index contributed by atoms with van der Waals surface area (Å²) in [6, 6.07) is 7.70. The molecule has 2 saturated carbocycles. The second-order valence-corrected chi connectivity index (χ2v) is 7.92. The summed E-state index contributed by atoms with van der Waals surface area (Å²) >= 11 is 1.30. The second-order valence-electron chi connectivity index (χ2n) is 6.97. The molecule has 0 radical (unpaired) electrons. The van der Waals surface area contributed by atoms with Crippen LogP contribution in [-0.2, 0) is 4.79 Å². The zero-order chi connectivity index (χ0) is 18.6. The minimum atomic E-state index is -0.188. The summed E-state index contributed by atoms with van der Waals surface area (Å²) < 4.78 is 1.78. The molecular weight excluding hydrogens is 364 g/mol. The van der Waals surface area contributed by atoms with Crippen LogP contribution in [0.1, 0.15) is 54.9 Å². The quantitative estimate of drug-likeness (QED) is 0.709. The zero-order valence-electron chi connectivity index (χ0n) is 14.9. The molecule has 0 bridgehead atoms. The molecule has 27 heavy (non-hydrogen) atoms. The zero-order valence-corrected chi connectivity index (χ0v) is 15.7. The van der Waals surface area contributed by atoms with Crippen molar-refractivity contribution < 1.29 is 9.59 Å². The molecule has 2 N–H and O–H groups in total. The SMILES string of the molecule is O=C(CSc1nnnn1C1CC1)Nc1ccccc1C(=O)NC1CCCC1. The molecule has 2 fully saturated rings. The number of nitrogens with zero attached hydrogens (tertiary/aromatic N) is 4. The van der Waals surface area contributed by atoms with Gasteiger partial charge in [0, 0.05) is 6.04 Å². The van der Waals surface area contributed by atoms with Gasteiger partial charge in [-0.2, -0.15) is 0 Å². The Bertz CT molecular complexity index is 829. The molecule has 0 unspecified atom stereocenters. The number of aromatic nitrogens is 4. The molecule has 2 aromatic rings. The molecule has 142 valence electrons. The Morgan fingerprint density at radius 3 is 2.70 bits per heavy atom. The summed E-state index contributed by atoms with van der Waals surface area (Å²) in [7, 11) is 0. The third kappa shape index (κ3) is 4.47. The number of carbonyl (C=O) groups excluding carboxylic acids is 2. The molecule has 2 aliphatic carbocycles. The van der Waals surface area contributed by atoms with Crippen molar-refractivity contribution in [3.63, 3.8) is 0 Å². The Balaban J connectivity index is 1.36. The highest BCUT2D eigenvalue weighted by Gasteiger charge is 2.28. The molecule has 0 aliphatic heterocycles. The molecule has 0 saturated heterocycles. The standard InChI is InChI=1S/C18H22N6O2S/c25-16(11-27-18-21-22-23-24(18)13-9-10-13)20-15-8-4-3-7-14(15)17(26)19-12-5-1-2-6-12/h3-4,7-8,12-13H,1-2,5-6,9-11H2,(H,19,26)(H,20,25). The van der Waals surface area contributed by atoms with Gasteiger partial charge in [0.1, 0.15) is 0 Å². The van der Waals surface area contributed by atoms with Gasteiger partial charge in [-0.3, -0.25) is 9.59 Å². The van der Waals surface area contributed by atoms with Gasteiger partial charge in [0.25, 0.3) is 5.91 Å². The van der Waals surface area contributed by atoms with Crippen LogP contribution in [0.15, 0.2) is 29.4 Å². The third-order valence-corrected chi connectivity index (χ3v) is 5.76. The average Bonchev–Trinajstić information content (AvgIpc) is 3.18. The van der Waals surface area contributed by atoms with Crippen LogP contribution in [-0.4, -0.2) is 43.8 Å². The largest absolute Gasteiger partial charge is 0.349 e. The van der Waals surface area contributed by atoms with E-state index in [1.807, 2.05) is 6.07 Å². The lowest BCUT2D eigenvalue weighted by Crippen LogP contribution is -2.33. The molecule has 1 heterocycles. The molecule has 2 aliphatic rings. The molecule has 0 atom stereocenters. The van der Waals surface area contributed by atoms with Crippen LogP contribution in [0.25, 0.3) is 0 Å². The van der Waals surface area contributed by atoms with Gasteiger partial charge in [0.05, 0.1) is 23.0 Å². The maximum absolute atomic E-state index is 12.6. The van der Waals surface area contributed by atoms with Crippen LogP contribution in [0, 0.1) is 0 Å². The molecule has 0 spiro atoms. The molecule has 4 rings (SSSR count). The van der Waals surface area contributed by atoms with E-state index in [2.05, 4.69) is 26.2 Å². The summed E-state index contributed by atoms with van der Waals surface area (Å²) in [5.74, 6) is -0.138. The summed E-state index contributed by atoms with van der Waals surface area (Å²) in [5, 5.41) is 18.2. The number of thioether (sulfide) groups is 1. The number of para-hydroxylation sites is 1. The number of nitrogens with one attached hydrogen (secondary N) is 2. The maximum Gasteiger partial charge on any atom is 0.253 e. The van der Waals surface area contributed by atoms with Crippen LogP contribution in [0.2, 0.25) is 0 Å². The fraction of sp³-hybridized carbons (Fsp3) is 0.500. The highest BCUT2D eigenvalue weighted by molar-refractivity contribution is 7.99. The minimum absolute atomic E-state index is 0.136. The first-order chi connectivity index (χ1) is 13.2. The van der Waals surface area contributed by atoms with Crippen LogP contribution in [0.3, 0.4) is 0 Å². The van der Waals surface area contributed by atoms with E-state index in [0.29, 0.717) is 22.4 Å². The van der Waals surface area contributed by atoms with E-state index >= 15 is 0 Å². The molecule has 2 amide bonds. The van der Waals surface area contributed by atoms with E-state index in [1.165, 1.54) is 11.8 Å². The van der Waals surface area contributed by atoms with Gasteiger partial charge in [-0.05, 0) is 48.2 Å². The lowest BCUT2D eigenvalue weighted by Gasteiger charge is -2.15. The Hall–Kier alpha value is -2.42. The van der Waals surface area contributed by atoms with Gasteiger partial charge in [0.2, 0.25) is 11.1 Å². The summed E-state index contributed by atoms with van der Waals surface area (Å²) in [5.41, 5.74) is 1.02. The Labute approximate surface area is 161 Å². The number of anilines is 1. The van der Waals surface area contributed by atoms with Crippen molar-refractivity contribution in [3.8, 4) is 0 Å². The van der Waals surface area contributed by atoms with Gasteiger partial charge in [-0.15, -0.1) is 5.10 Å². The number of tetrazole rings is 1. The summed E-state index contributed by atoms with van der Waals surface area (Å²) in [4.78, 5) is 25.0. The lowest BCUT2D eigenvalue weighted by molar-refractivity contribution is -0.113. The number of rotatable bonds is 7. The Morgan fingerprint density at radius 2 is 1.93 bits per heavy atom. The fourth-order valence-electron chi connectivity index (χ4n) is 3.27. The summed E-state index contributed by atoms with van der Waals surface area (Å²) in [6.45, 7) is 0. The minimum Gasteiger partial charge on any atom is -0.349 e. The van der Waals surface area contributed by atoms with E-state index in [-0.39, 0.29) is 23.6 Å². The summed E-state index contributed by atoms with van der Waals surface area (Å²) in [6.07, 6.45) is 6.50. The van der Waals surface area contributed by atoms with Crippen molar-refractivity contribution in [3.05, 3.63) is 29.8 Å². The molecule has 9 heteroatoms. The van der Waals surface area contributed by atoms with Crippen LogP contribution in [0.4, 0.5) is 5.69 Å². The smallest absolute Gasteiger partial charge is 0.253 e. The third-order valence-electron chi connectivity index (χ3n) is 4.82. The van der Waals surface area contributed by atoms with Crippen molar-refractivity contribution in [1.29, 1.82) is 0 Å². The fourth-order valence-corrected chi connectivity index (χ4v) is 4.01. The van der Waals surface area contributed by atoms with Crippen molar-refractivity contribution >= 4 is 29.3 Å². The molecular formula is C18H22N6O2S. The Morgan fingerprint density at radius 1 is 1.15 bits per heavy atom. The topological polar surface area (TPSA) is 102 Å². The van der Waals surface area contributed by atoms with E-state index in [9.17, 15) is 9.59 Å². The maximum atomic E-state index is 12.6.